The smallest absolute Gasteiger partial charge is 0.190 e. The fourth-order valence-electron chi connectivity index (χ4n) is 8.55. The molecule has 2 aliphatic rings. The van der Waals surface area contributed by atoms with E-state index in [4.69, 9.17) is 16.5 Å². The van der Waals surface area contributed by atoms with Crippen molar-refractivity contribution in [3.63, 3.8) is 0 Å². The van der Waals surface area contributed by atoms with Crippen LogP contribution in [0.5, 0.6) is 0 Å². The lowest BCUT2D eigenvalue weighted by atomic mass is 9.69. The Morgan fingerprint density at radius 1 is 0.510 bits per heavy atom. The van der Waals surface area contributed by atoms with Crippen LogP contribution < -0.4 is 0 Å². The molecule has 0 radical (unpaired) electrons. The molecule has 2 aromatic heterocycles. The van der Waals surface area contributed by atoms with Crippen LogP contribution in [0.15, 0.2) is 146 Å². The Labute approximate surface area is 283 Å². The Morgan fingerprint density at radius 3 is 1.55 bits per heavy atom. The Morgan fingerprint density at radius 2 is 1.00 bits per heavy atom. The van der Waals surface area contributed by atoms with Crippen molar-refractivity contribution >= 4 is 27.2 Å². The lowest BCUT2D eigenvalue weighted by Crippen LogP contribution is -2.26. The number of hydrogen-bond donors (Lipinski definition) is 0. The Hall–Kier alpha value is -6.88. The summed E-state index contributed by atoms with van der Waals surface area (Å²) in [5, 5.41) is 14.3. The number of aromatic nitrogens is 2. The maximum atomic E-state index is 9.84. The summed E-state index contributed by atoms with van der Waals surface area (Å²) in [7, 11) is 0. The Kier molecular flexibility index (Phi) is 5.59. The van der Waals surface area contributed by atoms with E-state index in [-0.39, 0.29) is 0 Å². The molecule has 2 aliphatic carbocycles. The molecule has 0 bridgehead atoms. The number of hydrogen-bond acceptors (Lipinski definition) is 3. The maximum Gasteiger partial charge on any atom is 0.190 e. The Balaban J connectivity index is 1.45. The maximum absolute atomic E-state index is 9.84. The van der Waals surface area contributed by atoms with Crippen LogP contribution >= 0.6 is 0 Å². The van der Waals surface area contributed by atoms with Gasteiger partial charge in [0.2, 0.25) is 0 Å². The first-order valence-electron chi connectivity index (χ1n) is 16.2. The minimum Gasteiger partial charge on any atom is -0.259 e. The predicted octanol–water partition coefficient (Wildman–Crippen LogP) is 10.9. The van der Waals surface area contributed by atoms with E-state index < -0.39 is 5.41 Å². The van der Waals surface area contributed by atoms with Crippen LogP contribution in [0.25, 0.3) is 71.2 Å². The first-order chi connectivity index (χ1) is 24.2. The van der Waals surface area contributed by atoms with Crippen LogP contribution in [0, 0.1) is 17.9 Å². The molecule has 1 spiro atoms. The van der Waals surface area contributed by atoms with Gasteiger partial charge >= 0.3 is 0 Å². The molecule has 6 aromatic carbocycles. The average Bonchev–Trinajstić information content (AvgIpc) is 3.65. The van der Waals surface area contributed by atoms with E-state index >= 15 is 0 Å². The third-order valence-corrected chi connectivity index (χ3v) is 10.4. The van der Waals surface area contributed by atoms with Crippen LogP contribution in [0.2, 0.25) is 0 Å². The van der Waals surface area contributed by atoms with E-state index in [1.54, 1.807) is 24.5 Å². The summed E-state index contributed by atoms with van der Waals surface area (Å²) in [6.07, 6.45) is 3.46. The second kappa shape index (κ2) is 10.1. The highest BCUT2D eigenvalue weighted by Gasteiger charge is 2.53. The number of fused-ring (bicyclic) bond motifs is 14. The summed E-state index contributed by atoms with van der Waals surface area (Å²) < 4.78 is 0. The molecule has 4 nitrogen and oxygen atoms in total. The summed E-state index contributed by atoms with van der Waals surface area (Å²) in [6.45, 7) is 7.74. The second-order valence-electron chi connectivity index (χ2n) is 12.7. The third kappa shape index (κ3) is 3.55. The van der Waals surface area contributed by atoms with Gasteiger partial charge in [-0.2, -0.15) is 5.26 Å². The standard InChI is InChI=1S/C45H24N4/c1-47-28-19-21-49-42(23-28)36-25-40-44(34-15-5-3-11-30(34)36)43-33-14-4-2-10-29(33)35(41-22-27(26-46)18-20-48-41)24-39(43)45(40)37-16-8-6-12-31(37)32-13-7-9-17-38(32)45/h2-25H. The zero-order valence-corrected chi connectivity index (χ0v) is 26.1. The van der Waals surface area contributed by atoms with Gasteiger partial charge in [0.1, 0.15) is 0 Å². The number of rotatable bonds is 2. The van der Waals surface area contributed by atoms with Crippen molar-refractivity contribution in [3.05, 3.63) is 185 Å². The normalized spacial score (nSPS) is 13.0. The van der Waals surface area contributed by atoms with Crippen molar-refractivity contribution in [2.45, 2.75) is 5.41 Å². The fraction of sp³-hybridized carbons (Fsp3) is 0.0222. The van der Waals surface area contributed by atoms with Crippen molar-refractivity contribution in [2.75, 3.05) is 0 Å². The van der Waals surface area contributed by atoms with Crippen LogP contribution in [-0.4, -0.2) is 9.97 Å². The number of nitriles is 1. The van der Waals surface area contributed by atoms with Crippen LogP contribution in [0.1, 0.15) is 27.8 Å². The van der Waals surface area contributed by atoms with Crippen molar-refractivity contribution in [3.8, 4) is 50.8 Å². The van der Waals surface area contributed by atoms with E-state index in [0.717, 1.165) is 44.1 Å². The Bertz CT molecular complexity index is 2620. The number of benzene rings is 6. The molecule has 0 atom stereocenters. The first kappa shape index (κ1) is 27.3. The van der Waals surface area contributed by atoms with E-state index in [2.05, 4.69) is 120 Å². The van der Waals surface area contributed by atoms with Crippen LogP contribution in [0.3, 0.4) is 0 Å². The van der Waals surface area contributed by atoms with Crippen molar-refractivity contribution in [2.24, 2.45) is 0 Å². The van der Waals surface area contributed by atoms with Crippen molar-refractivity contribution < 1.29 is 0 Å². The van der Waals surface area contributed by atoms with Gasteiger partial charge in [-0.1, -0.05) is 97.1 Å². The third-order valence-electron chi connectivity index (χ3n) is 10.4. The average molecular weight is 621 g/mol. The number of pyridine rings is 2. The molecule has 0 amide bonds. The fourth-order valence-corrected chi connectivity index (χ4v) is 8.55. The summed E-state index contributed by atoms with van der Waals surface area (Å²) in [5.74, 6) is 0. The van der Waals surface area contributed by atoms with Gasteiger partial charge in [-0.15, -0.1) is 0 Å². The minimum absolute atomic E-state index is 0.562. The molecule has 0 fully saturated rings. The van der Waals surface area contributed by atoms with Crippen LogP contribution in [0.4, 0.5) is 5.69 Å². The molecular formula is C45H24N4. The predicted molar refractivity (Wildman–Crippen MR) is 195 cm³/mol. The van der Waals surface area contributed by atoms with Gasteiger partial charge in [-0.3, -0.25) is 9.97 Å². The highest BCUT2D eigenvalue weighted by molar-refractivity contribution is 6.18. The second-order valence-corrected chi connectivity index (χ2v) is 12.7. The van der Waals surface area contributed by atoms with E-state index in [1.165, 1.54) is 44.5 Å². The quantitative estimate of drug-likeness (QED) is 0.181. The van der Waals surface area contributed by atoms with Gasteiger partial charge in [0.15, 0.2) is 5.69 Å². The van der Waals surface area contributed by atoms with E-state index in [0.29, 0.717) is 11.3 Å². The zero-order valence-electron chi connectivity index (χ0n) is 26.1. The minimum atomic E-state index is -0.639. The zero-order chi connectivity index (χ0) is 32.7. The monoisotopic (exact) mass is 620 g/mol. The first-order valence-corrected chi connectivity index (χ1v) is 16.2. The SMILES string of the molecule is [C-]#[N+]c1ccnc(-c2cc3c(c4ccccc24)-c2c(cc(-c4cc(C#N)ccn4)c4ccccc24)C32c3ccccc3-c3ccccc32)c1. The van der Waals surface area contributed by atoms with E-state index in [9.17, 15) is 5.26 Å². The van der Waals surface area contributed by atoms with Crippen molar-refractivity contribution in [1.82, 2.24) is 9.97 Å². The molecule has 49 heavy (non-hydrogen) atoms. The molecule has 224 valence electrons. The highest BCUT2D eigenvalue weighted by Crippen LogP contribution is 2.66. The molecule has 10 rings (SSSR count). The van der Waals surface area contributed by atoms with Gasteiger partial charge < -0.3 is 0 Å². The molecule has 4 heteroatoms. The van der Waals surface area contributed by atoms with Gasteiger partial charge in [0, 0.05) is 23.5 Å². The highest BCUT2D eigenvalue weighted by atomic mass is 14.7. The largest absolute Gasteiger partial charge is 0.259 e. The van der Waals surface area contributed by atoms with Gasteiger partial charge in [0.25, 0.3) is 0 Å². The molecule has 0 N–H and O–H groups in total. The van der Waals surface area contributed by atoms with Gasteiger partial charge in [0.05, 0.1) is 35.0 Å². The molecule has 2 heterocycles. The summed E-state index contributed by atoms with van der Waals surface area (Å²) >= 11 is 0. The molecule has 8 aromatic rings. The molecular weight excluding hydrogens is 597 g/mol. The summed E-state index contributed by atoms with van der Waals surface area (Å²) in [6, 6.07) is 49.1. The lowest BCUT2D eigenvalue weighted by molar-refractivity contribution is 0.795. The van der Waals surface area contributed by atoms with Gasteiger partial charge in [-0.05, 0) is 102 Å². The molecule has 0 saturated carbocycles. The molecule has 0 saturated heterocycles. The van der Waals surface area contributed by atoms with Crippen molar-refractivity contribution in [1.29, 1.82) is 5.26 Å². The topological polar surface area (TPSA) is 53.9 Å². The summed E-state index contributed by atoms with van der Waals surface area (Å²) in [4.78, 5) is 13.4. The van der Waals surface area contributed by atoms with Crippen LogP contribution in [-0.2, 0) is 5.41 Å². The molecule has 0 unspecified atom stereocenters. The number of nitrogens with zero attached hydrogens (tertiary/aromatic N) is 4. The molecule has 0 aliphatic heterocycles. The van der Waals surface area contributed by atoms with E-state index in [1.807, 2.05) is 12.1 Å². The lowest BCUT2D eigenvalue weighted by Gasteiger charge is -2.31. The van der Waals surface area contributed by atoms with Gasteiger partial charge in [-0.25, -0.2) is 4.85 Å². The summed E-state index contributed by atoms with van der Waals surface area (Å²) in [5.41, 5.74) is 13.8.